The van der Waals surface area contributed by atoms with Crippen LogP contribution in [0.5, 0.6) is 0 Å². The monoisotopic (exact) mass is 292 g/mol. The summed E-state index contributed by atoms with van der Waals surface area (Å²) < 4.78 is 6.31. The van der Waals surface area contributed by atoms with E-state index in [9.17, 15) is 4.79 Å². The lowest BCUT2D eigenvalue weighted by Gasteiger charge is -2.00. The molecule has 0 unspecified atom stereocenters. The van der Waals surface area contributed by atoms with Crippen molar-refractivity contribution in [3.05, 3.63) is 32.7 Å². The van der Waals surface area contributed by atoms with Crippen molar-refractivity contribution in [1.82, 2.24) is 0 Å². The Morgan fingerprint density at radius 2 is 2.00 bits per heavy atom. The Labute approximate surface area is 87.2 Å². The predicted molar refractivity (Wildman–Crippen MR) is 53.2 cm³/mol. The average molecular weight is 294 g/mol. The SMILES string of the molecule is COC(=O)c1ccc(Br)c(Br)c1. The molecule has 0 aliphatic heterocycles. The summed E-state index contributed by atoms with van der Waals surface area (Å²) in [5, 5.41) is 0. The molecule has 0 atom stereocenters. The van der Waals surface area contributed by atoms with Gasteiger partial charge in [-0.1, -0.05) is 0 Å². The smallest absolute Gasteiger partial charge is 0.337 e. The van der Waals surface area contributed by atoms with E-state index in [-0.39, 0.29) is 5.97 Å². The van der Waals surface area contributed by atoms with E-state index in [4.69, 9.17) is 0 Å². The second kappa shape index (κ2) is 4.05. The highest BCUT2D eigenvalue weighted by Gasteiger charge is 2.06. The molecular formula is C8H6Br2O2. The molecule has 0 amide bonds. The maximum Gasteiger partial charge on any atom is 0.337 e. The molecule has 0 saturated heterocycles. The summed E-state index contributed by atoms with van der Waals surface area (Å²) in [4.78, 5) is 11.0. The van der Waals surface area contributed by atoms with Crippen LogP contribution in [-0.2, 0) is 4.74 Å². The Hall–Kier alpha value is -0.350. The topological polar surface area (TPSA) is 26.3 Å². The van der Waals surface area contributed by atoms with Gasteiger partial charge in [-0.15, -0.1) is 0 Å². The van der Waals surface area contributed by atoms with E-state index in [1.165, 1.54) is 7.11 Å². The number of carbonyl (C=O) groups is 1. The first-order valence-corrected chi connectivity index (χ1v) is 4.77. The third-order valence-electron chi connectivity index (χ3n) is 1.34. The van der Waals surface area contributed by atoms with Crippen molar-refractivity contribution in [3.63, 3.8) is 0 Å². The first-order valence-electron chi connectivity index (χ1n) is 3.18. The van der Waals surface area contributed by atoms with Crippen LogP contribution in [0.2, 0.25) is 0 Å². The first-order chi connectivity index (χ1) is 5.65. The number of esters is 1. The van der Waals surface area contributed by atoms with Gasteiger partial charge in [0.25, 0.3) is 0 Å². The molecule has 0 bridgehead atoms. The van der Waals surface area contributed by atoms with E-state index in [1.54, 1.807) is 18.2 Å². The van der Waals surface area contributed by atoms with Crippen LogP contribution in [0.1, 0.15) is 10.4 Å². The third-order valence-corrected chi connectivity index (χ3v) is 3.22. The molecule has 4 heteroatoms. The molecule has 0 spiro atoms. The summed E-state index contributed by atoms with van der Waals surface area (Å²) in [6.45, 7) is 0. The summed E-state index contributed by atoms with van der Waals surface area (Å²) in [7, 11) is 1.36. The fraction of sp³-hybridized carbons (Fsp3) is 0.125. The van der Waals surface area contributed by atoms with Gasteiger partial charge in [0, 0.05) is 8.95 Å². The lowest BCUT2D eigenvalue weighted by Crippen LogP contribution is -2.00. The van der Waals surface area contributed by atoms with Crippen LogP contribution >= 0.6 is 31.9 Å². The summed E-state index contributed by atoms with van der Waals surface area (Å²) in [6, 6.07) is 5.19. The van der Waals surface area contributed by atoms with Crippen LogP contribution < -0.4 is 0 Å². The standard InChI is InChI=1S/C8H6Br2O2/c1-12-8(11)5-2-3-6(9)7(10)4-5/h2-4H,1H3. The molecule has 12 heavy (non-hydrogen) atoms. The van der Waals surface area contributed by atoms with Gasteiger partial charge in [-0.2, -0.15) is 0 Å². The van der Waals surface area contributed by atoms with Gasteiger partial charge < -0.3 is 4.74 Å². The van der Waals surface area contributed by atoms with Crippen molar-refractivity contribution >= 4 is 37.8 Å². The number of rotatable bonds is 1. The molecule has 0 fully saturated rings. The molecule has 0 radical (unpaired) electrons. The van der Waals surface area contributed by atoms with E-state index in [1.807, 2.05) is 0 Å². The molecule has 0 aromatic heterocycles. The third kappa shape index (κ3) is 2.08. The molecular weight excluding hydrogens is 288 g/mol. The zero-order valence-electron chi connectivity index (χ0n) is 6.30. The van der Waals surface area contributed by atoms with Crippen molar-refractivity contribution in [2.45, 2.75) is 0 Å². The van der Waals surface area contributed by atoms with E-state index in [2.05, 4.69) is 36.6 Å². The van der Waals surface area contributed by atoms with Crippen LogP contribution in [0.25, 0.3) is 0 Å². The minimum absolute atomic E-state index is 0.330. The van der Waals surface area contributed by atoms with Gasteiger partial charge in [0.15, 0.2) is 0 Å². The van der Waals surface area contributed by atoms with Gasteiger partial charge in [-0.05, 0) is 50.1 Å². The number of hydrogen-bond acceptors (Lipinski definition) is 2. The quantitative estimate of drug-likeness (QED) is 0.744. The van der Waals surface area contributed by atoms with E-state index in [0.717, 1.165) is 8.95 Å². The fourth-order valence-electron chi connectivity index (χ4n) is 0.741. The maximum atomic E-state index is 11.0. The second-order valence-corrected chi connectivity index (χ2v) is 3.83. The fourth-order valence-corrected chi connectivity index (χ4v) is 1.37. The normalized spacial score (nSPS) is 9.58. The molecule has 1 aromatic rings. The van der Waals surface area contributed by atoms with E-state index in [0.29, 0.717) is 5.56 Å². The number of halogens is 2. The number of carbonyl (C=O) groups excluding carboxylic acids is 1. The molecule has 0 aliphatic rings. The Morgan fingerprint density at radius 1 is 1.33 bits per heavy atom. The van der Waals surface area contributed by atoms with Crippen LogP contribution in [0.4, 0.5) is 0 Å². The Morgan fingerprint density at radius 3 is 2.50 bits per heavy atom. The molecule has 2 nitrogen and oxygen atoms in total. The Bertz CT molecular complexity index is 310. The molecule has 1 rings (SSSR count). The molecule has 64 valence electrons. The summed E-state index contributed by atoms with van der Waals surface area (Å²) >= 11 is 6.59. The maximum absolute atomic E-state index is 11.0. The lowest BCUT2D eigenvalue weighted by molar-refractivity contribution is 0.0600. The van der Waals surface area contributed by atoms with Crippen molar-refractivity contribution in [2.24, 2.45) is 0 Å². The van der Waals surface area contributed by atoms with Crippen molar-refractivity contribution in [2.75, 3.05) is 7.11 Å². The van der Waals surface area contributed by atoms with Crippen molar-refractivity contribution < 1.29 is 9.53 Å². The predicted octanol–water partition coefficient (Wildman–Crippen LogP) is 3.00. The zero-order chi connectivity index (χ0) is 9.14. The van der Waals surface area contributed by atoms with Gasteiger partial charge in [0.1, 0.15) is 0 Å². The minimum Gasteiger partial charge on any atom is -0.465 e. The van der Waals surface area contributed by atoms with Crippen LogP contribution in [0.15, 0.2) is 27.1 Å². The Balaban J connectivity index is 3.05. The van der Waals surface area contributed by atoms with E-state index >= 15 is 0 Å². The molecule has 0 heterocycles. The van der Waals surface area contributed by atoms with Gasteiger partial charge in [0.05, 0.1) is 12.7 Å². The van der Waals surface area contributed by atoms with Crippen molar-refractivity contribution in [1.29, 1.82) is 0 Å². The highest BCUT2D eigenvalue weighted by Crippen LogP contribution is 2.23. The second-order valence-electron chi connectivity index (χ2n) is 2.12. The highest BCUT2D eigenvalue weighted by molar-refractivity contribution is 9.13. The summed E-state index contributed by atoms with van der Waals surface area (Å²) in [5.74, 6) is -0.330. The van der Waals surface area contributed by atoms with Crippen LogP contribution in [-0.4, -0.2) is 13.1 Å². The molecule has 1 aromatic carbocycles. The lowest BCUT2D eigenvalue weighted by atomic mass is 10.2. The van der Waals surface area contributed by atoms with Gasteiger partial charge in [0.2, 0.25) is 0 Å². The molecule has 0 N–H and O–H groups in total. The summed E-state index contributed by atoms with van der Waals surface area (Å²) in [5.41, 5.74) is 0.535. The Kier molecular flexibility index (Phi) is 3.29. The largest absolute Gasteiger partial charge is 0.465 e. The minimum atomic E-state index is -0.330. The van der Waals surface area contributed by atoms with Crippen LogP contribution in [0.3, 0.4) is 0 Å². The molecule has 0 aliphatic carbocycles. The first kappa shape index (κ1) is 9.74. The van der Waals surface area contributed by atoms with Crippen molar-refractivity contribution in [3.8, 4) is 0 Å². The number of benzene rings is 1. The average Bonchev–Trinajstić information content (AvgIpc) is 2.08. The van der Waals surface area contributed by atoms with Gasteiger partial charge in [-0.3, -0.25) is 0 Å². The van der Waals surface area contributed by atoms with Gasteiger partial charge >= 0.3 is 5.97 Å². The molecule has 0 saturated carbocycles. The number of ether oxygens (including phenoxy) is 1. The highest BCUT2D eigenvalue weighted by atomic mass is 79.9. The number of hydrogen-bond donors (Lipinski definition) is 0. The zero-order valence-corrected chi connectivity index (χ0v) is 9.48. The summed E-state index contributed by atoms with van der Waals surface area (Å²) in [6.07, 6.45) is 0. The van der Waals surface area contributed by atoms with E-state index < -0.39 is 0 Å². The number of methoxy groups -OCH3 is 1. The van der Waals surface area contributed by atoms with Crippen LogP contribution in [0, 0.1) is 0 Å². The van der Waals surface area contributed by atoms with Gasteiger partial charge in [-0.25, -0.2) is 4.79 Å².